The van der Waals surface area contributed by atoms with Gasteiger partial charge in [-0.25, -0.2) is 0 Å². The first-order valence-electron chi connectivity index (χ1n) is 3.95. The highest BCUT2D eigenvalue weighted by atomic mass is 79.9. The third-order valence-electron chi connectivity index (χ3n) is 1.78. The van der Waals surface area contributed by atoms with Gasteiger partial charge in [0.1, 0.15) is 0 Å². The Kier molecular flexibility index (Phi) is 3.92. The number of primary amides is 1. The first-order valence-corrected chi connectivity index (χ1v) is 5.12. The van der Waals surface area contributed by atoms with E-state index in [1.165, 1.54) is 0 Å². The van der Waals surface area contributed by atoms with Crippen LogP contribution in [0.25, 0.3) is 0 Å². The molecule has 1 aromatic rings. The second-order valence-corrected chi connectivity index (χ2v) is 4.02. The molecule has 1 aromatic carbocycles. The Morgan fingerprint density at radius 2 is 2.21 bits per heavy atom. The second-order valence-electron chi connectivity index (χ2n) is 2.76. The van der Waals surface area contributed by atoms with Crippen LogP contribution in [0.3, 0.4) is 0 Å². The van der Waals surface area contributed by atoms with Crippen LogP contribution in [-0.4, -0.2) is 17.6 Å². The van der Waals surface area contributed by atoms with Gasteiger partial charge in [0.25, 0.3) is 0 Å². The van der Waals surface area contributed by atoms with Crippen molar-refractivity contribution in [2.45, 2.75) is 6.42 Å². The minimum Gasteiger partial charge on any atom is -0.396 e. The molecule has 0 saturated carbocycles. The third kappa shape index (κ3) is 2.47. The summed E-state index contributed by atoms with van der Waals surface area (Å²) < 4.78 is 0.566. The topological polar surface area (TPSA) is 63.3 Å². The van der Waals surface area contributed by atoms with Crippen molar-refractivity contribution in [1.82, 2.24) is 0 Å². The van der Waals surface area contributed by atoms with Gasteiger partial charge in [0.2, 0.25) is 5.91 Å². The molecule has 0 aromatic heterocycles. The van der Waals surface area contributed by atoms with Crippen molar-refractivity contribution in [3.63, 3.8) is 0 Å². The van der Waals surface area contributed by atoms with Crippen molar-refractivity contribution in [2.75, 3.05) is 6.61 Å². The summed E-state index contributed by atoms with van der Waals surface area (Å²) in [6.45, 7) is -0.0143. The molecule has 0 aliphatic rings. The Balaban J connectivity index is 3.20. The summed E-state index contributed by atoms with van der Waals surface area (Å²) in [7, 11) is 0. The molecule has 0 radical (unpaired) electrons. The van der Waals surface area contributed by atoms with Crippen LogP contribution in [-0.2, 0) is 6.42 Å². The number of carbonyl (C=O) groups excluding carboxylic acids is 1. The lowest BCUT2D eigenvalue weighted by atomic mass is 10.1. The van der Waals surface area contributed by atoms with E-state index in [1.54, 1.807) is 12.1 Å². The standard InChI is InChI=1S/C9H9BrClNO2/c10-7-4-8(11)5(1-2-13)3-6(7)9(12)14/h3-4,13H,1-2H2,(H2,12,14). The van der Waals surface area contributed by atoms with Crippen molar-refractivity contribution >= 4 is 33.4 Å². The molecule has 76 valence electrons. The zero-order chi connectivity index (χ0) is 10.7. The van der Waals surface area contributed by atoms with Crippen LogP contribution >= 0.6 is 27.5 Å². The van der Waals surface area contributed by atoms with Gasteiger partial charge in [-0.3, -0.25) is 4.79 Å². The summed E-state index contributed by atoms with van der Waals surface area (Å²) in [4.78, 5) is 11.0. The van der Waals surface area contributed by atoms with Gasteiger partial charge in [0, 0.05) is 16.1 Å². The van der Waals surface area contributed by atoms with E-state index in [2.05, 4.69) is 15.9 Å². The molecule has 0 atom stereocenters. The molecule has 0 fully saturated rings. The molecule has 0 aliphatic heterocycles. The van der Waals surface area contributed by atoms with E-state index in [4.69, 9.17) is 22.4 Å². The van der Waals surface area contributed by atoms with Crippen LogP contribution in [0.5, 0.6) is 0 Å². The van der Waals surface area contributed by atoms with Gasteiger partial charge in [-0.15, -0.1) is 0 Å². The predicted molar refractivity (Wildman–Crippen MR) is 58.5 cm³/mol. The van der Waals surface area contributed by atoms with Gasteiger partial charge in [-0.2, -0.15) is 0 Å². The Hall–Kier alpha value is -0.580. The Bertz CT molecular complexity index is 368. The van der Waals surface area contributed by atoms with Crippen LogP contribution in [0, 0.1) is 0 Å². The average Bonchev–Trinajstić information content (AvgIpc) is 2.09. The Labute approximate surface area is 95.0 Å². The Morgan fingerprint density at radius 3 is 2.71 bits per heavy atom. The third-order valence-corrected chi connectivity index (χ3v) is 2.79. The van der Waals surface area contributed by atoms with Gasteiger partial charge in [-0.1, -0.05) is 11.6 Å². The van der Waals surface area contributed by atoms with Gasteiger partial charge in [-0.05, 0) is 40.0 Å². The van der Waals surface area contributed by atoms with Crippen molar-refractivity contribution in [3.8, 4) is 0 Å². The number of benzene rings is 1. The van der Waals surface area contributed by atoms with Crippen LogP contribution in [0.2, 0.25) is 5.02 Å². The number of hydrogen-bond donors (Lipinski definition) is 2. The fourth-order valence-electron chi connectivity index (χ4n) is 1.09. The highest BCUT2D eigenvalue weighted by Gasteiger charge is 2.10. The number of hydrogen-bond acceptors (Lipinski definition) is 2. The molecule has 1 rings (SSSR count). The molecule has 0 heterocycles. The van der Waals surface area contributed by atoms with Crippen LogP contribution in [0.15, 0.2) is 16.6 Å². The number of rotatable bonds is 3. The van der Waals surface area contributed by atoms with E-state index in [1.807, 2.05) is 0 Å². The minimum atomic E-state index is -0.521. The number of nitrogens with two attached hydrogens (primary N) is 1. The average molecular weight is 279 g/mol. The van der Waals surface area contributed by atoms with E-state index in [9.17, 15) is 4.79 Å². The van der Waals surface area contributed by atoms with E-state index >= 15 is 0 Å². The molecule has 0 spiro atoms. The smallest absolute Gasteiger partial charge is 0.249 e. The summed E-state index contributed by atoms with van der Waals surface area (Å²) >= 11 is 9.08. The van der Waals surface area contributed by atoms with Gasteiger partial charge >= 0.3 is 0 Å². The lowest BCUT2D eigenvalue weighted by molar-refractivity contribution is 0.0999. The predicted octanol–water partition coefficient (Wildman–Crippen LogP) is 1.74. The van der Waals surface area contributed by atoms with E-state index in [-0.39, 0.29) is 6.61 Å². The molecule has 3 nitrogen and oxygen atoms in total. The number of halogens is 2. The molecular formula is C9H9BrClNO2. The minimum absolute atomic E-state index is 0.0143. The fraction of sp³-hybridized carbons (Fsp3) is 0.222. The largest absolute Gasteiger partial charge is 0.396 e. The molecule has 0 saturated heterocycles. The summed E-state index contributed by atoms with van der Waals surface area (Å²) in [6.07, 6.45) is 0.409. The SMILES string of the molecule is NC(=O)c1cc(CCO)c(Cl)cc1Br. The first-order chi connectivity index (χ1) is 6.56. The van der Waals surface area contributed by atoms with E-state index in [0.29, 0.717) is 27.0 Å². The zero-order valence-electron chi connectivity index (χ0n) is 7.26. The molecule has 1 amide bonds. The maximum Gasteiger partial charge on any atom is 0.249 e. The highest BCUT2D eigenvalue weighted by Crippen LogP contribution is 2.25. The number of amides is 1. The van der Waals surface area contributed by atoms with Crippen molar-refractivity contribution in [2.24, 2.45) is 5.73 Å². The van der Waals surface area contributed by atoms with Crippen LogP contribution in [0.4, 0.5) is 0 Å². The van der Waals surface area contributed by atoms with E-state index in [0.717, 1.165) is 0 Å². The van der Waals surface area contributed by atoms with Gasteiger partial charge < -0.3 is 10.8 Å². The molecule has 0 aliphatic carbocycles. The Morgan fingerprint density at radius 1 is 1.57 bits per heavy atom. The first kappa shape index (κ1) is 11.5. The fourth-order valence-corrected chi connectivity index (χ4v) is 2.02. The van der Waals surface area contributed by atoms with Gasteiger partial charge in [0.15, 0.2) is 0 Å². The lowest BCUT2D eigenvalue weighted by Gasteiger charge is -2.06. The van der Waals surface area contributed by atoms with Crippen LogP contribution < -0.4 is 5.73 Å². The van der Waals surface area contributed by atoms with Gasteiger partial charge in [0.05, 0.1) is 5.56 Å². The van der Waals surface area contributed by atoms with E-state index < -0.39 is 5.91 Å². The summed E-state index contributed by atoms with van der Waals surface area (Å²) in [5.74, 6) is -0.521. The molecule has 0 unspecified atom stereocenters. The molecule has 0 bridgehead atoms. The zero-order valence-corrected chi connectivity index (χ0v) is 9.60. The summed E-state index contributed by atoms with van der Waals surface area (Å²) in [5.41, 5.74) is 6.24. The monoisotopic (exact) mass is 277 g/mol. The molecule has 14 heavy (non-hydrogen) atoms. The quantitative estimate of drug-likeness (QED) is 0.884. The maximum atomic E-state index is 11.0. The second kappa shape index (κ2) is 4.77. The molecule has 5 heteroatoms. The normalized spacial score (nSPS) is 10.2. The summed E-state index contributed by atoms with van der Waals surface area (Å²) in [6, 6.07) is 3.19. The highest BCUT2D eigenvalue weighted by molar-refractivity contribution is 9.10. The van der Waals surface area contributed by atoms with Crippen LogP contribution in [0.1, 0.15) is 15.9 Å². The number of aliphatic hydroxyl groups excluding tert-OH is 1. The summed E-state index contributed by atoms with van der Waals surface area (Å²) in [5, 5.41) is 9.27. The van der Waals surface area contributed by atoms with Crippen molar-refractivity contribution < 1.29 is 9.90 Å². The van der Waals surface area contributed by atoms with Crippen molar-refractivity contribution in [3.05, 3.63) is 32.8 Å². The lowest BCUT2D eigenvalue weighted by Crippen LogP contribution is -2.12. The number of aliphatic hydroxyl groups is 1. The molecule has 3 N–H and O–H groups in total. The number of carbonyl (C=O) groups is 1. The maximum absolute atomic E-state index is 11.0. The molecular weight excluding hydrogens is 269 g/mol. The van der Waals surface area contributed by atoms with Crippen molar-refractivity contribution in [1.29, 1.82) is 0 Å².